The van der Waals surface area contributed by atoms with Crippen LogP contribution in [0.2, 0.25) is 0 Å². The summed E-state index contributed by atoms with van der Waals surface area (Å²) in [7, 11) is 3.71. The Labute approximate surface area is 299 Å². The topological polar surface area (TPSA) is 58.9 Å². The summed E-state index contributed by atoms with van der Waals surface area (Å²) < 4.78 is 65.1. The lowest BCUT2D eigenvalue weighted by Crippen LogP contribution is -2.59. The molecular formula is C42H68F4O4. The Bertz CT molecular complexity index is 1250. The van der Waals surface area contributed by atoms with Crippen molar-refractivity contribution >= 4 is 0 Å². The number of halogens is 4. The van der Waals surface area contributed by atoms with Gasteiger partial charge in [-0.3, -0.25) is 0 Å². The van der Waals surface area contributed by atoms with E-state index in [1.165, 1.54) is 44.9 Å². The van der Waals surface area contributed by atoms with Crippen molar-refractivity contribution in [3.8, 4) is 0 Å². The fraction of sp³-hybridized carbons (Fsp3) is 1.00. The number of aliphatic hydroxyl groups is 2. The maximum absolute atomic E-state index is 13.4. The van der Waals surface area contributed by atoms with Crippen LogP contribution in [0.25, 0.3) is 0 Å². The second kappa shape index (κ2) is 12.8. The minimum absolute atomic E-state index is 0.00638. The van der Waals surface area contributed by atoms with Crippen LogP contribution in [0.1, 0.15) is 143 Å². The zero-order valence-corrected chi connectivity index (χ0v) is 31.9. The zero-order valence-electron chi connectivity index (χ0n) is 31.9. The van der Waals surface area contributed by atoms with Crippen LogP contribution in [0, 0.1) is 69.0 Å². The van der Waals surface area contributed by atoms with Gasteiger partial charge in [0.2, 0.25) is 0 Å². The molecule has 0 aromatic heterocycles. The van der Waals surface area contributed by atoms with E-state index in [4.69, 9.17) is 9.47 Å². The molecule has 0 aromatic rings. The van der Waals surface area contributed by atoms with Crippen molar-refractivity contribution in [3.05, 3.63) is 0 Å². The van der Waals surface area contributed by atoms with Gasteiger partial charge in [0.25, 0.3) is 0 Å². The summed E-state index contributed by atoms with van der Waals surface area (Å²) in [6.07, 6.45) is 12.9. The monoisotopic (exact) mass is 713 g/mol. The van der Waals surface area contributed by atoms with E-state index in [1.54, 1.807) is 0 Å². The van der Waals surface area contributed by atoms with Crippen molar-refractivity contribution in [1.29, 1.82) is 0 Å². The van der Waals surface area contributed by atoms with Crippen LogP contribution in [0.5, 0.6) is 0 Å². The van der Waals surface area contributed by atoms with Gasteiger partial charge in [-0.2, -0.15) is 13.2 Å². The first-order valence-electron chi connectivity index (χ1n) is 20.5. The fourth-order valence-corrected chi connectivity index (χ4v) is 15.6. The molecule has 8 saturated carbocycles. The normalized spacial score (nSPS) is 55.7. The van der Waals surface area contributed by atoms with Crippen molar-refractivity contribution in [2.24, 2.45) is 69.0 Å². The summed E-state index contributed by atoms with van der Waals surface area (Å²) in [5.74, 6) is 4.68. The third kappa shape index (κ3) is 5.61. The second-order valence-electron chi connectivity index (χ2n) is 20.3. The van der Waals surface area contributed by atoms with E-state index < -0.39 is 24.1 Å². The van der Waals surface area contributed by atoms with Crippen molar-refractivity contribution in [2.75, 3.05) is 20.9 Å². The van der Waals surface area contributed by atoms with E-state index in [0.717, 1.165) is 56.3 Å². The van der Waals surface area contributed by atoms with Gasteiger partial charge in [-0.05, 0) is 185 Å². The van der Waals surface area contributed by atoms with E-state index in [9.17, 15) is 27.8 Å². The molecule has 8 aliphatic rings. The van der Waals surface area contributed by atoms with Gasteiger partial charge in [-0.25, -0.2) is 4.39 Å². The molecule has 0 aromatic carbocycles. The predicted molar refractivity (Wildman–Crippen MR) is 187 cm³/mol. The minimum Gasteiger partial charge on any atom is -0.387 e. The average Bonchev–Trinajstić information content (AvgIpc) is 3.61. The predicted octanol–water partition coefficient (Wildman–Crippen LogP) is 10.1. The van der Waals surface area contributed by atoms with E-state index in [0.29, 0.717) is 66.0 Å². The molecule has 0 amide bonds. The molecule has 8 fully saturated rings. The lowest BCUT2D eigenvalue weighted by atomic mass is 9.44. The first-order chi connectivity index (χ1) is 23.4. The zero-order chi connectivity index (χ0) is 36.1. The van der Waals surface area contributed by atoms with E-state index in [2.05, 4.69) is 27.7 Å². The van der Waals surface area contributed by atoms with Crippen LogP contribution in [-0.2, 0) is 9.47 Å². The summed E-state index contributed by atoms with van der Waals surface area (Å²) in [6.45, 7) is 9.00. The maximum Gasteiger partial charge on any atom is 0.417 e. The molecule has 50 heavy (non-hydrogen) atoms. The molecule has 8 heteroatoms. The maximum atomic E-state index is 13.4. The minimum atomic E-state index is -4.51. The largest absolute Gasteiger partial charge is 0.417 e. The average molecular weight is 713 g/mol. The summed E-state index contributed by atoms with van der Waals surface area (Å²) in [6, 6.07) is 0. The highest BCUT2D eigenvalue weighted by molar-refractivity contribution is 5.13. The van der Waals surface area contributed by atoms with Crippen molar-refractivity contribution in [3.63, 3.8) is 0 Å². The van der Waals surface area contributed by atoms with Crippen LogP contribution in [0.4, 0.5) is 17.6 Å². The highest BCUT2D eigenvalue weighted by Gasteiger charge is 2.66. The van der Waals surface area contributed by atoms with Gasteiger partial charge >= 0.3 is 6.18 Å². The van der Waals surface area contributed by atoms with Crippen LogP contribution >= 0.6 is 0 Å². The lowest BCUT2D eigenvalue weighted by molar-refractivity contribution is -0.290. The molecule has 0 aliphatic heterocycles. The standard InChI is InChI=1S/C21H33F3O2.C21H35FO2/c1-18-10-11-20(25,21(22,23)24)12-13(18)4-5-14-15-6-7-17(26-3)19(15,2)9-8-16(14)18;1-19-10-11-21(23,13-22)12-14(19)4-5-15-16-6-7-18(24-3)20(16,2)9-8-17(15)19/h13-17,25H,4-12H2,1-3H3;14-18,23H,4-13H2,1-3H3/t13-,14+,15+,16+,17+,18+,19+,20-;14-,15-,16-,17-,18-,19-,20-,21+/m10/s1. The Morgan fingerprint density at radius 3 is 1.42 bits per heavy atom. The van der Waals surface area contributed by atoms with Gasteiger partial charge in [0, 0.05) is 14.2 Å². The number of fused-ring (bicyclic) bond motifs is 10. The molecule has 0 heterocycles. The number of alkyl halides is 4. The van der Waals surface area contributed by atoms with Crippen LogP contribution in [-0.4, -0.2) is 60.7 Å². The molecular weight excluding hydrogens is 644 g/mol. The first-order valence-corrected chi connectivity index (χ1v) is 20.5. The highest BCUT2D eigenvalue weighted by atomic mass is 19.4. The Morgan fingerprint density at radius 2 is 0.980 bits per heavy atom. The fourth-order valence-electron chi connectivity index (χ4n) is 15.6. The van der Waals surface area contributed by atoms with Gasteiger partial charge in [0.05, 0.1) is 17.8 Å². The van der Waals surface area contributed by atoms with Crippen molar-refractivity contribution < 1.29 is 37.2 Å². The molecule has 0 spiro atoms. The van der Waals surface area contributed by atoms with E-state index in [-0.39, 0.29) is 29.6 Å². The van der Waals surface area contributed by atoms with Crippen LogP contribution in [0.3, 0.4) is 0 Å². The molecule has 8 aliphatic carbocycles. The number of ether oxygens (including phenoxy) is 2. The lowest BCUT2D eigenvalue weighted by Gasteiger charge is -2.62. The highest BCUT2D eigenvalue weighted by Crippen LogP contribution is 2.69. The summed E-state index contributed by atoms with van der Waals surface area (Å²) in [5, 5.41) is 20.8. The van der Waals surface area contributed by atoms with Crippen LogP contribution < -0.4 is 0 Å². The first kappa shape index (κ1) is 37.9. The quantitative estimate of drug-likeness (QED) is 0.286. The summed E-state index contributed by atoms with van der Waals surface area (Å²) in [4.78, 5) is 0. The Morgan fingerprint density at radius 1 is 0.540 bits per heavy atom. The molecule has 2 N–H and O–H groups in total. The smallest absolute Gasteiger partial charge is 0.387 e. The number of hydrogen-bond acceptors (Lipinski definition) is 4. The van der Waals surface area contributed by atoms with Gasteiger partial charge in [0.1, 0.15) is 6.67 Å². The van der Waals surface area contributed by atoms with Gasteiger partial charge in [0.15, 0.2) is 5.60 Å². The van der Waals surface area contributed by atoms with E-state index in [1.807, 2.05) is 14.2 Å². The third-order valence-corrected chi connectivity index (χ3v) is 18.7. The van der Waals surface area contributed by atoms with Gasteiger partial charge in [-0.1, -0.05) is 27.7 Å². The van der Waals surface area contributed by atoms with Crippen LogP contribution in [0.15, 0.2) is 0 Å². The SMILES string of the molecule is CO[C@H]1CC[C@H]2[C@@H]3CC[C@@H]4C[C@@](O)(C(F)(F)F)CC[C@]4(C)[C@H]3CC[C@]12C.CO[C@H]1CC[C@H]2[C@@H]3CC[C@H]4C[C@@](O)(CF)CC[C@]4(C)[C@H]3CC[C@]12C. The second-order valence-corrected chi connectivity index (χ2v) is 20.3. The molecule has 4 nitrogen and oxygen atoms in total. The summed E-state index contributed by atoms with van der Waals surface area (Å²) >= 11 is 0. The number of rotatable bonds is 3. The Kier molecular flexibility index (Phi) is 9.71. The molecule has 288 valence electrons. The van der Waals surface area contributed by atoms with Gasteiger partial charge in [-0.15, -0.1) is 0 Å². The third-order valence-electron chi connectivity index (χ3n) is 18.7. The molecule has 0 saturated heterocycles. The molecule has 0 unspecified atom stereocenters. The molecule has 0 bridgehead atoms. The van der Waals surface area contributed by atoms with Crippen molar-refractivity contribution in [1.82, 2.24) is 0 Å². The number of hydrogen-bond donors (Lipinski definition) is 2. The van der Waals surface area contributed by atoms with E-state index >= 15 is 0 Å². The Balaban J connectivity index is 0.000000157. The molecule has 8 rings (SSSR count). The molecule has 0 radical (unpaired) electrons. The number of methoxy groups -OCH3 is 2. The molecule has 16 atom stereocenters. The van der Waals surface area contributed by atoms with Gasteiger partial charge < -0.3 is 19.7 Å². The Hall–Kier alpha value is -0.440. The van der Waals surface area contributed by atoms with Crippen molar-refractivity contribution in [2.45, 2.75) is 173 Å². The summed E-state index contributed by atoms with van der Waals surface area (Å²) in [5.41, 5.74) is -2.63.